The minimum absolute atomic E-state index is 0.189. The molecule has 0 spiro atoms. The van der Waals surface area contributed by atoms with Gasteiger partial charge in [0.15, 0.2) is 0 Å². The lowest BCUT2D eigenvalue weighted by molar-refractivity contribution is -0.114. The van der Waals surface area contributed by atoms with Crippen LogP contribution >= 0.6 is 0 Å². The Kier molecular flexibility index (Phi) is 5.70. The smallest absolute Gasteiger partial charge is 0.222 e. The Balaban J connectivity index is 1.59. The first-order chi connectivity index (χ1) is 15.0. The third-order valence-corrected chi connectivity index (χ3v) is 4.56. The molecule has 0 aliphatic rings. The summed E-state index contributed by atoms with van der Waals surface area (Å²) in [7, 11) is 1.95. The summed E-state index contributed by atoms with van der Waals surface area (Å²) in [6.07, 6.45) is 1.58. The molecule has 0 saturated heterocycles. The molecule has 8 heteroatoms. The number of hydrogen-bond acceptors (Lipinski definition) is 6. The van der Waals surface area contributed by atoms with E-state index in [2.05, 4.69) is 15.6 Å². The van der Waals surface area contributed by atoms with E-state index in [1.165, 1.54) is 6.92 Å². The fraction of sp³-hybridized carbons (Fsp3) is 0.174. The van der Waals surface area contributed by atoms with Crippen LogP contribution in [-0.4, -0.2) is 27.0 Å². The van der Waals surface area contributed by atoms with Gasteiger partial charge in [-0.1, -0.05) is 12.1 Å². The van der Waals surface area contributed by atoms with Crippen molar-refractivity contribution in [1.82, 2.24) is 14.5 Å². The summed E-state index contributed by atoms with van der Waals surface area (Å²) in [5, 5.41) is 5.99. The van der Waals surface area contributed by atoms with Crippen LogP contribution in [-0.2, 0) is 11.8 Å². The van der Waals surface area contributed by atoms with Crippen molar-refractivity contribution in [3.63, 3.8) is 0 Å². The molecule has 0 bridgehead atoms. The largest absolute Gasteiger partial charge is 0.492 e. The average Bonchev–Trinajstić information content (AvgIpc) is 3.04. The van der Waals surface area contributed by atoms with Crippen LogP contribution in [0.4, 0.5) is 17.5 Å². The molecular weight excluding hydrogens is 394 g/mol. The molecule has 2 N–H and O–H groups in total. The van der Waals surface area contributed by atoms with Gasteiger partial charge in [0, 0.05) is 32.3 Å². The highest BCUT2D eigenvalue weighted by molar-refractivity contribution is 5.87. The number of nitrogens with zero attached hydrogens (tertiary/aromatic N) is 3. The van der Waals surface area contributed by atoms with E-state index in [9.17, 15) is 4.79 Å². The van der Waals surface area contributed by atoms with Gasteiger partial charge in [0.1, 0.15) is 23.1 Å². The maximum absolute atomic E-state index is 11.2. The fourth-order valence-electron chi connectivity index (χ4n) is 3.19. The Morgan fingerprint density at radius 1 is 1.10 bits per heavy atom. The number of rotatable bonds is 7. The minimum atomic E-state index is -0.189. The molecule has 0 aliphatic heterocycles. The van der Waals surface area contributed by atoms with Crippen LogP contribution in [0, 0.1) is 0 Å². The van der Waals surface area contributed by atoms with Crippen molar-refractivity contribution in [3.05, 3.63) is 60.8 Å². The van der Waals surface area contributed by atoms with E-state index < -0.39 is 0 Å². The lowest BCUT2D eigenvalue weighted by Gasteiger charge is -2.11. The van der Waals surface area contributed by atoms with Gasteiger partial charge in [-0.05, 0) is 37.3 Å². The Bertz CT molecular complexity index is 1240. The Morgan fingerprint density at radius 3 is 2.71 bits per heavy atom. The average molecular weight is 417 g/mol. The molecular formula is C23H23N5O3. The minimum Gasteiger partial charge on any atom is -0.492 e. The van der Waals surface area contributed by atoms with E-state index in [0.717, 1.165) is 22.5 Å². The highest BCUT2D eigenvalue weighted by Gasteiger charge is 2.12. The molecule has 0 atom stereocenters. The summed E-state index contributed by atoms with van der Waals surface area (Å²) < 4.78 is 13.6. The fourth-order valence-corrected chi connectivity index (χ4v) is 3.19. The van der Waals surface area contributed by atoms with E-state index >= 15 is 0 Å². The molecule has 158 valence electrons. The zero-order valence-electron chi connectivity index (χ0n) is 17.5. The molecule has 0 radical (unpaired) electrons. The Labute approximate surface area is 179 Å². The second-order valence-corrected chi connectivity index (χ2v) is 6.86. The number of para-hydroxylation sites is 2. The zero-order valence-corrected chi connectivity index (χ0v) is 17.5. The number of aryl methyl sites for hydroxylation is 1. The van der Waals surface area contributed by atoms with Crippen molar-refractivity contribution >= 4 is 34.4 Å². The van der Waals surface area contributed by atoms with Gasteiger partial charge < -0.3 is 24.7 Å². The summed E-state index contributed by atoms with van der Waals surface area (Å²) in [6.45, 7) is 3.97. The highest BCUT2D eigenvalue weighted by atomic mass is 16.5. The first-order valence-electron chi connectivity index (χ1n) is 9.90. The van der Waals surface area contributed by atoms with E-state index in [0.29, 0.717) is 29.9 Å². The number of hydrogen-bond donors (Lipinski definition) is 2. The number of pyridine rings is 1. The van der Waals surface area contributed by atoms with E-state index in [1.54, 1.807) is 18.3 Å². The summed E-state index contributed by atoms with van der Waals surface area (Å²) >= 11 is 0. The molecule has 2 aromatic carbocycles. The molecule has 1 amide bonds. The molecule has 0 saturated carbocycles. The molecule has 0 aliphatic carbocycles. The number of carbonyl (C=O) groups is 1. The Hall–Kier alpha value is -4.07. The molecule has 2 heterocycles. The first kappa shape index (κ1) is 20.2. The van der Waals surface area contributed by atoms with Gasteiger partial charge in [-0.25, -0.2) is 9.97 Å². The topological polar surface area (TPSA) is 90.3 Å². The van der Waals surface area contributed by atoms with Crippen LogP contribution in [0.25, 0.3) is 11.0 Å². The van der Waals surface area contributed by atoms with Crippen LogP contribution in [0.15, 0.2) is 60.8 Å². The lowest BCUT2D eigenvalue weighted by Crippen LogP contribution is -2.07. The zero-order chi connectivity index (χ0) is 21.8. The van der Waals surface area contributed by atoms with Crippen molar-refractivity contribution < 1.29 is 14.3 Å². The monoisotopic (exact) mass is 417 g/mol. The SMILES string of the molecule is CCOc1ccccc1Nc1nc2cc(Oc3ccnc(NC(C)=O)c3)ccc2n1C. The van der Waals surface area contributed by atoms with Crippen LogP contribution < -0.4 is 20.1 Å². The number of fused-ring (bicyclic) bond motifs is 1. The summed E-state index contributed by atoms with van der Waals surface area (Å²) in [5.74, 6) is 2.91. The second kappa shape index (κ2) is 8.74. The molecule has 2 aromatic heterocycles. The molecule has 0 fully saturated rings. The highest BCUT2D eigenvalue weighted by Crippen LogP contribution is 2.31. The molecule has 0 unspecified atom stereocenters. The van der Waals surface area contributed by atoms with Gasteiger partial charge >= 0.3 is 0 Å². The van der Waals surface area contributed by atoms with Gasteiger partial charge in [0.05, 0.1) is 23.3 Å². The number of anilines is 3. The number of aromatic nitrogens is 3. The number of benzene rings is 2. The lowest BCUT2D eigenvalue weighted by atomic mass is 10.3. The van der Waals surface area contributed by atoms with E-state index in [4.69, 9.17) is 14.5 Å². The third-order valence-electron chi connectivity index (χ3n) is 4.56. The predicted molar refractivity (Wildman–Crippen MR) is 120 cm³/mol. The van der Waals surface area contributed by atoms with Gasteiger partial charge in [0.25, 0.3) is 0 Å². The maximum Gasteiger partial charge on any atom is 0.222 e. The van der Waals surface area contributed by atoms with Crippen LogP contribution in [0.1, 0.15) is 13.8 Å². The number of carbonyl (C=O) groups excluding carboxylic acids is 1. The van der Waals surface area contributed by atoms with Crippen molar-refractivity contribution in [3.8, 4) is 17.2 Å². The molecule has 4 aromatic rings. The number of imidazole rings is 1. The van der Waals surface area contributed by atoms with Crippen LogP contribution in [0.3, 0.4) is 0 Å². The normalized spacial score (nSPS) is 10.7. The quantitative estimate of drug-likeness (QED) is 0.446. The van der Waals surface area contributed by atoms with Gasteiger partial charge in [-0.15, -0.1) is 0 Å². The van der Waals surface area contributed by atoms with Gasteiger partial charge in [0.2, 0.25) is 11.9 Å². The molecule has 8 nitrogen and oxygen atoms in total. The Morgan fingerprint density at radius 2 is 1.90 bits per heavy atom. The van der Waals surface area contributed by atoms with Gasteiger partial charge in [-0.2, -0.15) is 0 Å². The summed E-state index contributed by atoms with van der Waals surface area (Å²) in [4.78, 5) is 20.1. The van der Waals surface area contributed by atoms with E-state index in [-0.39, 0.29) is 5.91 Å². The predicted octanol–water partition coefficient (Wildman–Crippen LogP) is 4.86. The second-order valence-electron chi connectivity index (χ2n) is 6.86. The molecule has 4 rings (SSSR count). The van der Waals surface area contributed by atoms with Crippen molar-refractivity contribution in [2.24, 2.45) is 7.05 Å². The van der Waals surface area contributed by atoms with E-state index in [1.807, 2.05) is 61.0 Å². The van der Waals surface area contributed by atoms with Gasteiger partial charge in [-0.3, -0.25) is 4.79 Å². The molecule has 31 heavy (non-hydrogen) atoms. The van der Waals surface area contributed by atoms with Crippen molar-refractivity contribution in [2.75, 3.05) is 17.2 Å². The third kappa shape index (κ3) is 4.58. The standard InChI is InChI=1S/C23H23N5O3/c1-4-30-21-8-6-5-7-18(21)26-23-27-19-13-16(9-10-20(19)28(23)3)31-17-11-12-24-22(14-17)25-15(2)29/h5-14H,4H2,1-3H3,(H,26,27)(H,24,25,29). The van der Waals surface area contributed by atoms with Crippen molar-refractivity contribution in [1.29, 1.82) is 0 Å². The first-order valence-corrected chi connectivity index (χ1v) is 9.90. The summed E-state index contributed by atoms with van der Waals surface area (Å²) in [5.41, 5.74) is 2.59. The van der Waals surface area contributed by atoms with Crippen molar-refractivity contribution in [2.45, 2.75) is 13.8 Å². The number of nitrogens with one attached hydrogen (secondary N) is 2. The van der Waals surface area contributed by atoms with Crippen LogP contribution in [0.2, 0.25) is 0 Å². The van der Waals surface area contributed by atoms with Crippen LogP contribution in [0.5, 0.6) is 17.2 Å². The number of ether oxygens (including phenoxy) is 2. The maximum atomic E-state index is 11.2. The summed E-state index contributed by atoms with van der Waals surface area (Å²) in [6, 6.07) is 16.8. The number of amides is 1.